The third-order valence-electron chi connectivity index (χ3n) is 6.23. The molecule has 0 unspecified atom stereocenters. The van der Waals surface area contributed by atoms with Gasteiger partial charge in [0.2, 0.25) is 6.41 Å². The Labute approximate surface area is 219 Å². The van der Waals surface area contributed by atoms with Crippen molar-refractivity contribution in [1.29, 1.82) is 0 Å². The van der Waals surface area contributed by atoms with Crippen molar-refractivity contribution in [2.45, 2.75) is 0 Å². The number of hydrogen-bond acceptors (Lipinski definition) is 7. The smallest absolute Gasteiger partial charge is 0.255 e. The topological polar surface area (TPSA) is 105 Å². The van der Waals surface area contributed by atoms with E-state index in [1.807, 2.05) is 12.1 Å². The first-order valence-electron chi connectivity index (χ1n) is 12.1. The number of aromatic nitrogens is 2. The molecule has 5 rings (SSSR count). The van der Waals surface area contributed by atoms with Crippen molar-refractivity contribution in [3.63, 3.8) is 0 Å². The first-order valence-corrected chi connectivity index (χ1v) is 12.1. The number of amides is 2. The summed E-state index contributed by atoms with van der Waals surface area (Å²) in [5.41, 5.74) is 3.71. The van der Waals surface area contributed by atoms with E-state index < -0.39 is 0 Å². The van der Waals surface area contributed by atoms with Gasteiger partial charge in [0, 0.05) is 47.4 Å². The molecule has 2 heterocycles. The van der Waals surface area contributed by atoms with Gasteiger partial charge in [-0.25, -0.2) is 0 Å². The van der Waals surface area contributed by atoms with Crippen molar-refractivity contribution in [1.82, 2.24) is 10.2 Å². The summed E-state index contributed by atoms with van der Waals surface area (Å²) in [6.07, 6.45) is 2.17. The normalized spacial score (nSPS) is 13.0. The minimum atomic E-state index is -0.226. The summed E-state index contributed by atoms with van der Waals surface area (Å²) in [5.74, 6) is -0.0198. The van der Waals surface area contributed by atoms with E-state index in [-0.39, 0.29) is 11.7 Å². The molecule has 0 atom stereocenters. The molecule has 3 aromatic carbocycles. The van der Waals surface area contributed by atoms with Crippen molar-refractivity contribution >= 4 is 41.0 Å². The molecule has 0 aliphatic carbocycles. The van der Waals surface area contributed by atoms with Gasteiger partial charge in [0.05, 0.1) is 18.9 Å². The van der Waals surface area contributed by atoms with E-state index in [9.17, 15) is 14.4 Å². The SMILES string of the molecule is O=CN(c1ccc(C(=O)c2ccc(NC(=O)c3ccc(N4CCOCC4)cc3)cc2)cc1)c1cccnn1. The number of morpholine rings is 1. The fraction of sp³-hybridized carbons (Fsp3) is 0.138. The first kappa shape index (κ1) is 24.8. The highest BCUT2D eigenvalue weighted by Crippen LogP contribution is 2.23. The van der Waals surface area contributed by atoms with Gasteiger partial charge in [-0.05, 0) is 84.9 Å². The Morgan fingerprint density at radius 3 is 2.08 bits per heavy atom. The maximum atomic E-state index is 13.0. The maximum absolute atomic E-state index is 13.0. The van der Waals surface area contributed by atoms with Crippen LogP contribution < -0.4 is 15.1 Å². The van der Waals surface area contributed by atoms with Crippen LogP contribution in [0.15, 0.2) is 91.1 Å². The predicted molar refractivity (Wildman–Crippen MR) is 144 cm³/mol. The Bertz CT molecular complexity index is 1400. The highest BCUT2D eigenvalue weighted by Gasteiger charge is 2.15. The van der Waals surface area contributed by atoms with Crippen molar-refractivity contribution in [3.8, 4) is 0 Å². The first-order chi connectivity index (χ1) is 18.6. The van der Waals surface area contributed by atoms with Crippen LogP contribution in [-0.4, -0.2) is 54.6 Å². The zero-order valence-corrected chi connectivity index (χ0v) is 20.5. The Morgan fingerprint density at radius 1 is 0.842 bits per heavy atom. The molecule has 190 valence electrons. The van der Waals surface area contributed by atoms with Crippen molar-refractivity contribution < 1.29 is 19.1 Å². The summed E-state index contributed by atoms with van der Waals surface area (Å²) < 4.78 is 5.39. The lowest BCUT2D eigenvalue weighted by molar-refractivity contribution is -0.106. The standard InChI is InChI=1S/C29H25N5O4/c35-20-34(27-2-1-15-30-32-27)26-13-5-22(6-14-26)28(36)21-3-9-24(10-4-21)31-29(37)23-7-11-25(12-8-23)33-16-18-38-19-17-33/h1-15,20H,16-19H2,(H,31,37). The lowest BCUT2D eigenvalue weighted by Gasteiger charge is -2.28. The van der Waals surface area contributed by atoms with Crippen molar-refractivity contribution in [2.24, 2.45) is 0 Å². The Hall–Kier alpha value is -4.89. The third-order valence-corrected chi connectivity index (χ3v) is 6.23. The van der Waals surface area contributed by atoms with E-state index in [1.54, 1.807) is 72.8 Å². The van der Waals surface area contributed by atoms with E-state index in [1.165, 1.54) is 11.1 Å². The number of nitrogens with one attached hydrogen (secondary N) is 1. The molecule has 9 nitrogen and oxygen atoms in total. The van der Waals surface area contributed by atoms with Gasteiger partial charge < -0.3 is 15.0 Å². The van der Waals surface area contributed by atoms with Gasteiger partial charge in [-0.3, -0.25) is 19.3 Å². The summed E-state index contributed by atoms with van der Waals surface area (Å²) in [4.78, 5) is 40.8. The number of ether oxygens (including phenoxy) is 1. The predicted octanol–water partition coefficient (Wildman–Crippen LogP) is 4.09. The largest absolute Gasteiger partial charge is 0.378 e. The van der Waals surface area contributed by atoms with Gasteiger partial charge in [-0.1, -0.05) is 0 Å². The number of ketones is 1. The average molecular weight is 508 g/mol. The molecule has 1 aromatic heterocycles. The minimum Gasteiger partial charge on any atom is -0.378 e. The van der Waals surface area contributed by atoms with E-state index in [4.69, 9.17) is 4.74 Å². The molecular weight excluding hydrogens is 482 g/mol. The summed E-state index contributed by atoms with van der Waals surface area (Å²) in [5, 5.41) is 10.6. The molecule has 1 fully saturated rings. The molecule has 4 aromatic rings. The van der Waals surface area contributed by atoms with Gasteiger partial charge in [0.25, 0.3) is 5.91 Å². The lowest BCUT2D eigenvalue weighted by atomic mass is 10.0. The Balaban J connectivity index is 1.21. The summed E-state index contributed by atoms with van der Waals surface area (Å²) in [7, 11) is 0. The molecule has 0 radical (unpaired) electrons. The minimum absolute atomic E-state index is 0.176. The van der Waals surface area contributed by atoms with Gasteiger partial charge in [-0.15, -0.1) is 5.10 Å². The van der Waals surface area contributed by atoms with Gasteiger partial charge in [-0.2, -0.15) is 5.10 Å². The van der Waals surface area contributed by atoms with Crippen LogP contribution in [-0.2, 0) is 9.53 Å². The second-order valence-corrected chi connectivity index (χ2v) is 8.61. The molecule has 38 heavy (non-hydrogen) atoms. The lowest BCUT2D eigenvalue weighted by Crippen LogP contribution is -2.36. The van der Waals surface area contributed by atoms with E-state index in [2.05, 4.69) is 20.4 Å². The van der Waals surface area contributed by atoms with Crippen LogP contribution in [0.4, 0.5) is 22.9 Å². The summed E-state index contributed by atoms with van der Waals surface area (Å²) in [6, 6.07) is 24.2. The van der Waals surface area contributed by atoms with Crippen LogP contribution >= 0.6 is 0 Å². The molecule has 1 aliphatic heterocycles. The number of anilines is 4. The van der Waals surface area contributed by atoms with Gasteiger partial charge in [0.15, 0.2) is 11.6 Å². The number of hydrogen-bond donors (Lipinski definition) is 1. The second-order valence-electron chi connectivity index (χ2n) is 8.61. The second kappa shape index (κ2) is 11.4. The zero-order valence-electron chi connectivity index (χ0n) is 20.5. The molecule has 1 N–H and O–H groups in total. The number of carbonyl (C=O) groups is 3. The average Bonchev–Trinajstić information content (AvgIpc) is 2.99. The number of benzene rings is 3. The summed E-state index contributed by atoms with van der Waals surface area (Å²) >= 11 is 0. The molecule has 0 spiro atoms. The molecule has 2 amide bonds. The maximum Gasteiger partial charge on any atom is 0.255 e. The van der Waals surface area contributed by atoms with Gasteiger partial charge >= 0.3 is 0 Å². The van der Waals surface area contributed by atoms with E-state index in [0.29, 0.717) is 53.5 Å². The van der Waals surface area contributed by atoms with Crippen LogP contribution in [0.3, 0.4) is 0 Å². The molecule has 1 aliphatic rings. The van der Waals surface area contributed by atoms with Crippen LogP contribution in [0.1, 0.15) is 26.3 Å². The fourth-order valence-corrected chi connectivity index (χ4v) is 4.16. The number of carbonyl (C=O) groups excluding carboxylic acids is 3. The van der Waals surface area contributed by atoms with E-state index >= 15 is 0 Å². The Morgan fingerprint density at radius 2 is 1.47 bits per heavy atom. The molecule has 0 saturated carbocycles. The molecule has 0 bridgehead atoms. The van der Waals surface area contributed by atoms with Crippen LogP contribution in [0.2, 0.25) is 0 Å². The molecular formula is C29H25N5O4. The third kappa shape index (κ3) is 5.58. The van der Waals surface area contributed by atoms with E-state index in [0.717, 1.165) is 18.8 Å². The monoisotopic (exact) mass is 507 g/mol. The number of nitrogens with zero attached hydrogens (tertiary/aromatic N) is 4. The highest BCUT2D eigenvalue weighted by atomic mass is 16.5. The van der Waals surface area contributed by atoms with Gasteiger partial charge in [0.1, 0.15) is 0 Å². The quantitative estimate of drug-likeness (QED) is 0.283. The van der Waals surface area contributed by atoms with Crippen LogP contribution in [0.5, 0.6) is 0 Å². The highest BCUT2D eigenvalue weighted by molar-refractivity contribution is 6.10. The fourth-order valence-electron chi connectivity index (χ4n) is 4.16. The van der Waals surface area contributed by atoms with Crippen LogP contribution in [0, 0.1) is 0 Å². The van der Waals surface area contributed by atoms with Crippen LogP contribution in [0.25, 0.3) is 0 Å². The molecule has 9 heteroatoms. The summed E-state index contributed by atoms with van der Waals surface area (Å²) in [6.45, 7) is 3.07. The Kier molecular flexibility index (Phi) is 7.47. The van der Waals surface area contributed by atoms with Crippen molar-refractivity contribution in [2.75, 3.05) is 41.4 Å². The zero-order chi connectivity index (χ0) is 26.3. The van der Waals surface area contributed by atoms with Crippen molar-refractivity contribution in [3.05, 3.63) is 108 Å². The molecule has 1 saturated heterocycles. The number of rotatable bonds is 8.